The highest BCUT2D eigenvalue weighted by Crippen LogP contribution is 2.40. The first kappa shape index (κ1) is 19.2. The summed E-state index contributed by atoms with van der Waals surface area (Å²) in [5.41, 5.74) is 3.40. The number of benzene rings is 2. The van der Waals surface area contributed by atoms with Crippen LogP contribution in [-0.4, -0.2) is 39.2 Å². The number of hydrogen-bond donors (Lipinski definition) is 1. The first-order valence-electron chi connectivity index (χ1n) is 8.73. The average Bonchev–Trinajstić information content (AvgIpc) is 3.10. The smallest absolute Gasteiger partial charge is 0.231 e. The third kappa shape index (κ3) is 4.39. The molecule has 0 saturated heterocycles. The van der Waals surface area contributed by atoms with Crippen molar-refractivity contribution in [2.24, 2.45) is 0 Å². The minimum absolute atomic E-state index is 0.0321. The van der Waals surface area contributed by atoms with Crippen LogP contribution in [0.3, 0.4) is 0 Å². The highest BCUT2D eigenvalue weighted by atomic mass is 35.5. The Bertz CT molecular complexity index is 839. The van der Waals surface area contributed by atoms with Gasteiger partial charge in [0.15, 0.2) is 17.3 Å². The zero-order valence-corrected chi connectivity index (χ0v) is 16.4. The number of halogens is 1. The fourth-order valence-corrected chi connectivity index (χ4v) is 2.91. The van der Waals surface area contributed by atoms with Gasteiger partial charge >= 0.3 is 0 Å². The molecule has 144 valence electrons. The van der Waals surface area contributed by atoms with Gasteiger partial charge in [0.2, 0.25) is 6.79 Å². The van der Waals surface area contributed by atoms with Crippen molar-refractivity contribution in [1.29, 1.82) is 0 Å². The molecule has 3 rings (SSSR count). The molecule has 1 heterocycles. The summed E-state index contributed by atoms with van der Waals surface area (Å²) >= 11 is 5.69. The molecule has 0 atom stereocenters. The van der Waals surface area contributed by atoms with Gasteiger partial charge in [-0.3, -0.25) is 4.79 Å². The molecule has 0 aromatic heterocycles. The molecule has 0 unspecified atom stereocenters. The molecular weight excluding hydrogens is 368 g/mol. The van der Waals surface area contributed by atoms with Gasteiger partial charge in [-0.25, -0.2) is 0 Å². The Hall–Kier alpha value is -2.60. The second-order valence-electron chi connectivity index (χ2n) is 6.34. The van der Waals surface area contributed by atoms with Gasteiger partial charge in [-0.2, -0.15) is 0 Å². The number of nitrogens with zero attached hydrogens (tertiary/aromatic N) is 1. The summed E-state index contributed by atoms with van der Waals surface area (Å²) in [7, 11) is 3.96. The molecule has 0 amide bonds. The van der Waals surface area contributed by atoms with Crippen molar-refractivity contribution in [3.8, 4) is 17.2 Å². The minimum atomic E-state index is -0.0634. The van der Waals surface area contributed by atoms with E-state index in [1.807, 2.05) is 56.3 Å². The van der Waals surface area contributed by atoms with Crippen molar-refractivity contribution in [1.82, 2.24) is 0 Å². The molecule has 2 aromatic carbocycles. The van der Waals surface area contributed by atoms with E-state index >= 15 is 0 Å². The van der Waals surface area contributed by atoms with Crippen LogP contribution in [0.25, 0.3) is 0 Å². The summed E-state index contributed by atoms with van der Waals surface area (Å²) < 4.78 is 16.7. The number of anilines is 3. The predicted molar refractivity (Wildman–Crippen MR) is 107 cm³/mol. The van der Waals surface area contributed by atoms with Crippen molar-refractivity contribution in [2.75, 3.05) is 43.6 Å². The Labute approximate surface area is 164 Å². The number of ether oxygens (including phenoxy) is 3. The van der Waals surface area contributed by atoms with Crippen LogP contribution >= 0.6 is 11.6 Å². The van der Waals surface area contributed by atoms with Crippen LogP contribution < -0.4 is 24.4 Å². The first-order valence-corrected chi connectivity index (χ1v) is 9.26. The average molecular weight is 391 g/mol. The molecule has 0 radical (unpaired) electrons. The summed E-state index contributed by atoms with van der Waals surface area (Å²) in [6.07, 6.45) is 0.211. The number of Topliss-reactive ketones (excluding diaryl/α,β-unsaturated/α-hetero) is 1. The van der Waals surface area contributed by atoms with Crippen LogP contribution in [0.4, 0.5) is 17.1 Å². The second kappa shape index (κ2) is 8.39. The Morgan fingerprint density at radius 1 is 1.19 bits per heavy atom. The Kier molecular flexibility index (Phi) is 5.96. The van der Waals surface area contributed by atoms with Crippen molar-refractivity contribution >= 4 is 34.4 Å². The lowest BCUT2D eigenvalue weighted by atomic mass is 10.1. The van der Waals surface area contributed by atoms with Gasteiger partial charge in [0.05, 0.1) is 18.2 Å². The molecular formula is C20H23ClN2O4. The lowest BCUT2D eigenvalue weighted by Crippen LogP contribution is -2.10. The normalized spacial score (nSPS) is 12.0. The summed E-state index contributed by atoms with van der Waals surface area (Å²) in [5.74, 6) is 1.91. The number of fused-ring (bicyclic) bond motifs is 1. The van der Waals surface area contributed by atoms with E-state index < -0.39 is 0 Å². The number of nitrogens with one attached hydrogen (secondary N) is 1. The first-order chi connectivity index (χ1) is 13.0. The van der Waals surface area contributed by atoms with Crippen molar-refractivity contribution in [3.05, 3.63) is 35.9 Å². The van der Waals surface area contributed by atoms with Gasteiger partial charge in [-0.1, -0.05) is 0 Å². The topological polar surface area (TPSA) is 60.0 Å². The van der Waals surface area contributed by atoms with Crippen molar-refractivity contribution in [3.63, 3.8) is 0 Å². The maximum atomic E-state index is 11.9. The Morgan fingerprint density at radius 3 is 2.59 bits per heavy atom. The fraction of sp³-hybridized carbons (Fsp3) is 0.350. The van der Waals surface area contributed by atoms with Gasteiger partial charge in [0.1, 0.15) is 5.75 Å². The molecule has 1 aliphatic rings. The lowest BCUT2D eigenvalue weighted by molar-refractivity contribution is -0.116. The zero-order chi connectivity index (χ0) is 19.4. The quantitative estimate of drug-likeness (QED) is 0.688. The fourth-order valence-electron chi connectivity index (χ4n) is 2.82. The zero-order valence-electron chi connectivity index (χ0n) is 15.7. The molecule has 0 saturated carbocycles. The molecule has 6 nitrogen and oxygen atoms in total. The van der Waals surface area contributed by atoms with Gasteiger partial charge < -0.3 is 24.4 Å². The van der Waals surface area contributed by atoms with E-state index in [0.717, 1.165) is 28.4 Å². The van der Waals surface area contributed by atoms with Gasteiger partial charge in [0.25, 0.3) is 0 Å². The van der Waals surface area contributed by atoms with Gasteiger partial charge in [-0.15, -0.1) is 11.6 Å². The Balaban J connectivity index is 1.97. The van der Waals surface area contributed by atoms with E-state index in [0.29, 0.717) is 18.1 Å². The lowest BCUT2D eigenvalue weighted by Gasteiger charge is -2.19. The molecule has 27 heavy (non-hydrogen) atoms. The second-order valence-corrected chi connectivity index (χ2v) is 6.61. The highest BCUT2D eigenvalue weighted by Gasteiger charge is 2.19. The van der Waals surface area contributed by atoms with Crippen LogP contribution in [0.15, 0.2) is 30.3 Å². The largest absolute Gasteiger partial charge is 0.492 e. The third-order valence-corrected chi connectivity index (χ3v) is 4.48. The number of ketones is 1. The molecule has 0 spiro atoms. The van der Waals surface area contributed by atoms with Gasteiger partial charge in [-0.05, 0) is 30.7 Å². The number of hydrogen-bond acceptors (Lipinski definition) is 6. The van der Waals surface area contributed by atoms with E-state index in [-0.39, 0.29) is 24.9 Å². The van der Waals surface area contributed by atoms with Crippen LogP contribution in [0.1, 0.15) is 12.5 Å². The molecule has 2 aromatic rings. The molecule has 1 aliphatic heterocycles. The number of carbonyl (C=O) groups excluding carboxylic acids is 1. The van der Waals surface area contributed by atoms with Crippen molar-refractivity contribution in [2.45, 2.75) is 13.3 Å². The number of carbonyl (C=O) groups is 1. The number of rotatable bonds is 8. The van der Waals surface area contributed by atoms with E-state index in [1.165, 1.54) is 0 Å². The van der Waals surface area contributed by atoms with Crippen LogP contribution in [-0.2, 0) is 11.2 Å². The Morgan fingerprint density at radius 2 is 1.93 bits per heavy atom. The van der Waals surface area contributed by atoms with E-state index in [9.17, 15) is 4.79 Å². The molecule has 0 aliphatic carbocycles. The maximum Gasteiger partial charge on any atom is 0.231 e. The summed E-state index contributed by atoms with van der Waals surface area (Å²) in [4.78, 5) is 13.9. The van der Waals surface area contributed by atoms with E-state index in [4.69, 9.17) is 25.8 Å². The van der Waals surface area contributed by atoms with Crippen molar-refractivity contribution < 1.29 is 19.0 Å². The van der Waals surface area contributed by atoms with Crippen LogP contribution in [0, 0.1) is 0 Å². The summed E-state index contributed by atoms with van der Waals surface area (Å²) in [6, 6.07) is 9.60. The molecule has 0 fully saturated rings. The predicted octanol–water partition coefficient (Wildman–Crippen LogP) is 3.97. The minimum Gasteiger partial charge on any atom is -0.492 e. The summed E-state index contributed by atoms with van der Waals surface area (Å²) in [5, 5.41) is 3.38. The standard InChI is InChI=1S/C20H23ClN2O4/c1-4-25-18-9-14(23(2)3)5-6-16(18)22-17-10-20-19(26-12-27-20)8-13(17)7-15(24)11-21/h5-6,8-10,22H,4,7,11-12H2,1-3H3. The molecule has 1 N–H and O–H groups in total. The molecule has 7 heteroatoms. The third-order valence-electron chi connectivity index (χ3n) is 4.19. The van der Waals surface area contributed by atoms with Crippen LogP contribution in [0.2, 0.25) is 0 Å². The monoisotopic (exact) mass is 390 g/mol. The van der Waals surface area contributed by atoms with Crippen LogP contribution in [0.5, 0.6) is 17.2 Å². The van der Waals surface area contributed by atoms with E-state index in [2.05, 4.69) is 5.32 Å². The maximum absolute atomic E-state index is 11.9. The summed E-state index contributed by atoms with van der Waals surface area (Å²) in [6.45, 7) is 2.66. The van der Waals surface area contributed by atoms with Gasteiger partial charge in [0, 0.05) is 44.0 Å². The number of alkyl halides is 1. The van der Waals surface area contributed by atoms with E-state index in [1.54, 1.807) is 0 Å². The highest BCUT2D eigenvalue weighted by molar-refractivity contribution is 6.27. The molecule has 0 bridgehead atoms. The SMILES string of the molecule is CCOc1cc(N(C)C)ccc1Nc1cc2c(cc1CC(=O)CCl)OCO2.